The van der Waals surface area contributed by atoms with Crippen LogP contribution in [0.3, 0.4) is 0 Å². The van der Waals surface area contributed by atoms with E-state index in [2.05, 4.69) is 15.1 Å². The average molecular weight is 337 g/mol. The van der Waals surface area contributed by atoms with E-state index in [-0.39, 0.29) is 24.2 Å². The largest absolute Gasteiger partial charge is 0.481 e. The van der Waals surface area contributed by atoms with E-state index in [1.54, 1.807) is 12.1 Å². The minimum absolute atomic E-state index is 0.0605. The third-order valence-corrected chi connectivity index (χ3v) is 4.30. The molecular weight excluding hydrogens is 313 g/mol. The summed E-state index contributed by atoms with van der Waals surface area (Å²) in [5.74, 6) is -1.17. The number of benzene rings is 1. The van der Waals surface area contributed by atoms with Crippen molar-refractivity contribution < 1.29 is 19.1 Å². The van der Waals surface area contributed by atoms with Crippen LogP contribution < -0.4 is 10.2 Å². The predicted molar refractivity (Wildman–Crippen MR) is 89.5 cm³/mol. The van der Waals surface area contributed by atoms with E-state index in [0.717, 1.165) is 31.9 Å². The molecule has 1 aromatic carbocycles. The van der Waals surface area contributed by atoms with Crippen molar-refractivity contribution in [3.63, 3.8) is 0 Å². The molecule has 1 fully saturated rings. The minimum Gasteiger partial charge on any atom is -0.481 e. The Morgan fingerprint density at radius 2 is 1.83 bits per heavy atom. The Hall–Kier alpha value is -2.15. The molecule has 2 rings (SSSR count). The molecule has 1 aromatic rings. The van der Waals surface area contributed by atoms with Gasteiger partial charge in [0.25, 0.3) is 0 Å². The topological polar surface area (TPSA) is 72.9 Å². The molecule has 24 heavy (non-hydrogen) atoms. The first kappa shape index (κ1) is 18.2. The number of rotatable bonds is 7. The Kier molecular flexibility index (Phi) is 6.54. The molecule has 1 aliphatic rings. The summed E-state index contributed by atoms with van der Waals surface area (Å²) in [4.78, 5) is 26.8. The molecule has 0 radical (unpaired) electrons. The molecule has 0 aromatic heterocycles. The Bertz CT molecular complexity index is 557. The van der Waals surface area contributed by atoms with Crippen LogP contribution in [0, 0.1) is 5.82 Å². The Morgan fingerprint density at radius 1 is 1.21 bits per heavy atom. The lowest BCUT2D eigenvalue weighted by Crippen LogP contribution is -2.54. The molecule has 2 N–H and O–H groups in total. The van der Waals surface area contributed by atoms with Gasteiger partial charge >= 0.3 is 5.97 Å². The van der Waals surface area contributed by atoms with E-state index in [0.29, 0.717) is 13.0 Å². The van der Waals surface area contributed by atoms with Crippen LogP contribution >= 0.6 is 0 Å². The van der Waals surface area contributed by atoms with Gasteiger partial charge in [-0.3, -0.25) is 14.5 Å². The van der Waals surface area contributed by atoms with E-state index in [4.69, 9.17) is 5.11 Å². The van der Waals surface area contributed by atoms with E-state index in [1.165, 1.54) is 12.1 Å². The fraction of sp³-hybridized carbons (Fsp3) is 0.529. The van der Waals surface area contributed by atoms with Gasteiger partial charge in [-0.05, 0) is 37.6 Å². The molecule has 1 aliphatic heterocycles. The fourth-order valence-electron chi connectivity index (χ4n) is 2.78. The number of hydrogen-bond donors (Lipinski definition) is 2. The molecule has 1 amide bonds. The number of nitrogens with zero attached hydrogens (tertiary/aromatic N) is 2. The van der Waals surface area contributed by atoms with Gasteiger partial charge in [0.05, 0.1) is 6.04 Å². The van der Waals surface area contributed by atoms with Crippen molar-refractivity contribution in [2.24, 2.45) is 0 Å². The number of anilines is 1. The summed E-state index contributed by atoms with van der Waals surface area (Å²) in [5, 5.41) is 11.4. The van der Waals surface area contributed by atoms with Crippen molar-refractivity contribution in [1.29, 1.82) is 0 Å². The summed E-state index contributed by atoms with van der Waals surface area (Å²) in [6.07, 6.45) is 0.497. The van der Waals surface area contributed by atoms with Gasteiger partial charge in [0, 0.05) is 44.8 Å². The van der Waals surface area contributed by atoms with Crippen LogP contribution in [-0.2, 0) is 9.59 Å². The number of halogens is 1. The van der Waals surface area contributed by atoms with Gasteiger partial charge in [0.1, 0.15) is 5.82 Å². The predicted octanol–water partition coefficient (Wildman–Crippen LogP) is 1.32. The van der Waals surface area contributed by atoms with Crippen LogP contribution in [0.4, 0.5) is 10.1 Å². The van der Waals surface area contributed by atoms with Crippen LogP contribution in [0.2, 0.25) is 0 Å². The number of piperazine rings is 1. The maximum absolute atomic E-state index is 13.0. The third-order valence-electron chi connectivity index (χ3n) is 4.30. The van der Waals surface area contributed by atoms with Gasteiger partial charge in [-0.25, -0.2) is 4.39 Å². The summed E-state index contributed by atoms with van der Waals surface area (Å²) in [5.41, 5.74) is 0.988. The third kappa shape index (κ3) is 5.19. The summed E-state index contributed by atoms with van der Waals surface area (Å²) in [7, 11) is 0. The van der Waals surface area contributed by atoms with Crippen LogP contribution in [0.5, 0.6) is 0 Å². The van der Waals surface area contributed by atoms with E-state index < -0.39 is 5.97 Å². The highest BCUT2D eigenvalue weighted by molar-refractivity contribution is 5.81. The average Bonchev–Trinajstić information content (AvgIpc) is 2.58. The van der Waals surface area contributed by atoms with Gasteiger partial charge in [-0.1, -0.05) is 0 Å². The van der Waals surface area contributed by atoms with Crippen LogP contribution in [0.25, 0.3) is 0 Å². The van der Waals surface area contributed by atoms with E-state index >= 15 is 0 Å². The summed E-state index contributed by atoms with van der Waals surface area (Å²) in [6.45, 7) is 5.30. The molecule has 1 heterocycles. The molecule has 1 saturated heterocycles. The first-order chi connectivity index (χ1) is 11.5. The number of carboxylic acid groups (broad SMARTS) is 1. The molecule has 1 atom stereocenters. The molecule has 7 heteroatoms. The maximum atomic E-state index is 13.0. The summed E-state index contributed by atoms with van der Waals surface area (Å²) in [6, 6.07) is 6.20. The number of carbonyl (C=O) groups excluding carboxylic acids is 1. The van der Waals surface area contributed by atoms with Crippen LogP contribution in [0.15, 0.2) is 24.3 Å². The SMILES string of the molecule is CC(C(=O)NCCCC(=O)O)N1CCN(c2ccc(F)cc2)CC1. The molecule has 6 nitrogen and oxygen atoms in total. The normalized spacial score (nSPS) is 16.7. The molecule has 0 aliphatic carbocycles. The molecular formula is C17H24FN3O3. The standard InChI is InChI=1S/C17H24FN3O3/c1-13(17(24)19-8-2-3-16(22)23)20-9-11-21(12-10-20)15-6-4-14(18)5-7-15/h4-7,13H,2-3,8-12H2,1H3,(H,19,24)(H,22,23). The zero-order valence-electron chi connectivity index (χ0n) is 13.9. The number of carboxylic acids is 1. The van der Waals surface area contributed by atoms with E-state index in [9.17, 15) is 14.0 Å². The Balaban J connectivity index is 1.75. The lowest BCUT2D eigenvalue weighted by molar-refractivity contribution is -0.137. The van der Waals surface area contributed by atoms with Crippen LogP contribution in [-0.4, -0.2) is 60.6 Å². The second-order valence-corrected chi connectivity index (χ2v) is 5.96. The summed E-state index contributed by atoms with van der Waals surface area (Å²) >= 11 is 0. The number of aliphatic carboxylic acids is 1. The molecule has 0 bridgehead atoms. The second-order valence-electron chi connectivity index (χ2n) is 5.96. The molecule has 1 unspecified atom stereocenters. The number of hydrogen-bond acceptors (Lipinski definition) is 4. The fourth-order valence-corrected chi connectivity index (χ4v) is 2.78. The lowest BCUT2D eigenvalue weighted by Gasteiger charge is -2.38. The maximum Gasteiger partial charge on any atom is 0.303 e. The van der Waals surface area contributed by atoms with Gasteiger partial charge < -0.3 is 15.3 Å². The molecule has 0 spiro atoms. The zero-order valence-corrected chi connectivity index (χ0v) is 13.9. The lowest BCUT2D eigenvalue weighted by atomic mass is 10.2. The number of nitrogens with one attached hydrogen (secondary N) is 1. The monoisotopic (exact) mass is 337 g/mol. The zero-order chi connectivity index (χ0) is 17.5. The van der Waals surface area contributed by atoms with Crippen molar-refractivity contribution in [3.8, 4) is 0 Å². The Labute approximate surface area is 141 Å². The quantitative estimate of drug-likeness (QED) is 0.734. The Morgan fingerprint density at radius 3 is 2.42 bits per heavy atom. The molecule has 0 saturated carbocycles. The second kappa shape index (κ2) is 8.63. The highest BCUT2D eigenvalue weighted by Crippen LogP contribution is 2.17. The van der Waals surface area contributed by atoms with Crippen molar-refractivity contribution >= 4 is 17.6 Å². The van der Waals surface area contributed by atoms with Gasteiger partial charge in [-0.15, -0.1) is 0 Å². The van der Waals surface area contributed by atoms with E-state index in [1.807, 2.05) is 6.92 Å². The number of carbonyl (C=O) groups is 2. The minimum atomic E-state index is -0.853. The van der Waals surface area contributed by atoms with Crippen molar-refractivity contribution in [2.45, 2.75) is 25.8 Å². The van der Waals surface area contributed by atoms with Gasteiger partial charge in [0.15, 0.2) is 0 Å². The first-order valence-corrected chi connectivity index (χ1v) is 8.21. The smallest absolute Gasteiger partial charge is 0.303 e. The highest BCUT2D eigenvalue weighted by Gasteiger charge is 2.25. The first-order valence-electron chi connectivity index (χ1n) is 8.21. The van der Waals surface area contributed by atoms with Gasteiger partial charge in [0.2, 0.25) is 5.91 Å². The van der Waals surface area contributed by atoms with Gasteiger partial charge in [-0.2, -0.15) is 0 Å². The summed E-state index contributed by atoms with van der Waals surface area (Å²) < 4.78 is 13.0. The van der Waals surface area contributed by atoms with Crippen molar-refractivity contribution in [2.75, 3.05) is 37.6 Å². The van der Waals surface area contributed by atoms with Crippen molar-refractivity contribution in [3.05, 3.63) is 30.1 Å². The van der Waals surface area contributed by atoms with Crippen molar-refractivity contribution in [1.82, 2.24) is 10.2 Å². The highest BCUT2D eigenvalue weighted by atomic mass is 19.1. The number of amides is 1. The van der Waals surface area contributed by atoms with Crippen LogP contribution in [0.1, 0.15) is 19.8 Å². The molecule has 132 valence electrons.